The number of aromatic amines is 1. The standard InChI is InChI=1S/C14H15N3O2/c1-14(2,10-8-16-13(19)17-12(10)15)11(18)9-6-4-3-5-7-9/h3-8H,1-2H3,(H3,15,16,17,19). The molecule has 0 spiro atoms. The molecule has 0 bridgehead atoms. The van der Waals surface area contributed by atoms with Gasteiger partial charge in [-0.15, -0.1) is 0 Å². The number of aromatic nitrogens is 2. The van der Waals surface area contributed by atoms with Crippen LogP contribution in [0.5, 0.6) is 0 Å². The van der Waals surface area contributed by atoms with E-state index in [9.17, 15) is 9.59 Å². The van der Waals surface area contributed by atoms with Crippen LogP contribution in [0, 0.1) is 0 Å². The molecule has 1 aromatic heterocycles. The second-order valence-corrected chi connectivity index (χ2v) is 4.82. The van der Waals surface area contributed by atoms with Crippen LogP contribution in [-0.4, -0.2) is 15.8 Å². The SMILES string of the molecule is CC(C)(C(=O)c1ccccc1)c1c[nH]c(=O)nc1N. The normalized spacial score (nSPS) is 11.3. The van der Waals surface area contributed by atoms with Gasteiger partial charge in [-0.05, 0) is 13.8 Å². The third-order valence-corrected chi connectivity index (χ3v) is 3.11. The van der Waals surface area contributed by atoms with Crippen molar-refractivity contribution in [2.45, 2.75) is 19.3 Å². The summed E-state index contributed by atoms with van der Waals surface area (Å²) in [6.07, 6.45) is 1.45. The number of Topliss-reactive ketones (excluding diaryl/α,β-unsaturated/α-hetero) is 1. The maximum atomic E-state index is 12.5. The number of hydrogen-bond acceptors (Lipinski definition) is 4. The molecule has 3 N–H and O–H groups in total. The Bertz CT molecular complexity index is 660. The summed E-state index contributed by atoms with van der Waals surface area (Å²) in [5, 5.41) is 0. The second kappa shape index (κ2) is 4.68. The van der Waals surface area contributed by atoms with Crippen molar-refractivity contribution in [1.29, 1.82) is 0 Å². The topological polar surface area (TPSA) is 88.8 Å². The molecule has 2 rings (SSSR count). The minimum atomic E-state index is -0.858. The van der Waals surface area contributed by atoms with Gasteiger partial charge in [-0.3, -0.25) is 4.79 Å². The molecule has 5 nitrogen and oxygen atoms in total. The maximum Gasteiger partial charge on any atom is 0.346 e. The van der Waals surface area contributed by atoms with E-state index in [0.717, 1.165) is 0 Å². The number of nitrogens with two attached hydrogens (primary N) is 1. The fourth-order valence-corrected chi connectivity index (χ4v) is 1.98. The molecule has 0 amide bonds. The zero-order chi connectivity index (χ0) is 14.0. The number of anilines is 1. The Hall–Kier alpha value is -2.43. The monoisotopic (exact) mass is 257 g/mol. The second-order valence-electron chi connectivity index (χ2n) is 4.82. The molecule has 0 saturated heterocycles. The first-order valence-electron chi connectivity index (χ1n) is 5.88. The van der Waals surface area contributed by atoms with Gasteiger partial charge in [-0.25, -0.2) is 4.79 Å². The van der Waals surface area contributed by atoms with Gasteiger partial charge in [-0.1, -0.05) is 30.3 Å². The fourth-order valence-electron chi connectivity index (χ4n) is 1.98. The van der Waals surface area contributed by atoms with Crippen molar-refractivity contribution in [2.24, 2.45) is 0 Å². The third-order valence-electron chi connectivity index (χ3n) is 3.11. The lowest BCUT2D eigenvalue weighted by Crippen LogP contribution is -2.32. The molecule has 0 fully saturated rings. The number of nitrogens with zero attached hydrogens (tertiary/aromatic N) is 1. The lowest BCUT2D eigenvalue weighted by atomic mass is 9.79. The van der Waals surface area contributed by atoms with Gasteiger partial charge in [-0.2, -0.15) is 4.98 Å². The van der Waals surface area contributed by atoms with Crippen LogP contribution in [0.3, 0.4) is 0 Å². The Morgan fingerprint density at radius 2 is 1.89 bits per heavy atom. The summed E-state index contributed by atoms with van der Waals surface area (Å²) >= 11 is 0. The number of rotatable bonds is 3. The number of carbonyl (C=O) groups excluding carboxylic acids is 1. The van der Waals surface area contributed by atoms with E-state index in [2.05, 4.69) is 9.97 Å². The molecule has 0 saturated carbocycles. The molecule has 1 aromatic carbocycles. The van der Waals surface area contributed by atoms with Gasteiger partial charge >= 0.3 is 5.69 Å². The van der Waals surface area contributed by atoms with E-state index in [-0.39, 0.29) is 11.6 Å². The summed E-state index contributed by atoms with van der Waals surface area (Å²) in [5.41, 5.74) is 5.47. The Labute approximate surface area is 110 Å². The highest BCUT2D eigenvalue weighted by Crippen LogP contribution is 2.29. The number of hydrogen-bond donors (Lipinski definition) is 2. The predicted molar refractivity (Wildman–Crippen MR) is 73.1 cm³/mol. The molecule has 0 radical (unpaired) electrons. The van der Waals surface area contributed by atoms with Crippen molar-refractivity contribution in [3.05, 3.63) is 58.1 Å². The lowest BCUT2D eigenvalue weighted by molar-refractivity contribution is 0.0908. The minimum Gasteiger partial charge on any atom is -0.383 e. The Morgan fingerprint density at radius 3 is 2.47 bits per heavy atom. The zero-order valence-corrected chi connectivity index (χ0v) is 10.8. The first-order valence-corrected chi connectivity index (χ1v) is 5.88. The highest BCUT2D eigenvalue weighted by molar-refractivity contribution is 6.04. The van der Waals surface area contributed by atoms with Crippen LogP contribution in [0.25, 0.3) is 0 Å². The molecular weight excluding hydrogens is 242 g/mol. The van der Waals surface area contributed by atoms with Crippen LogP contribution in [-0.2, 0) is 5.41 Å². The molecular formula is C14H15N3O2. The van der Waals surface area contributed by atoms with E-state index in [1.165, 1.54) is 6.20 Å². The zero-order valence-electron chi connectivity index (χ0n) is 10.8. The summed E-state index contributed by atoms with van der Waals surface area (Å²) in [7, 11) is 0. The summed E-state index contributed by atoms with van der Waals surface area (Å²) in [5.74, 6) is 0.00619. The molecule has 0 aliphatic carbocycles. The Morgan fingerprint density at radius 1 is 1.26 bits per heavy atom. The highest BCUT2D eigenvalue weighted by atomic mass is 16.1. The number of H-pyrrole nitrogens is 1. The van der Waals surface area contributed by atoms with Gasteiger partial charge < -0.3 is 10.7 Å². The van der Waals surface area contributed by atoms with Gasteiger partial charge in [0.2, 0.25) is 0 Å². The van der Waals surface area contributed by atoms with Gasteiger partial charge in [0, 0.05) is 17.3 Å². The highest BCUT2D eigenvalue weighted by Gasteiger charge is 2.33. The van der Waals surface area contributed by atoms with E-state index < -0.39 is 11.1 Å². The molecule has 2 aromatic rings. The number of carbonyl (C=O) groups is 1. The van der Waals surface area contributed by atoms with Crippen molar-refractivity contribution in [1.82, 2.24) is 9.97 Å². The van der Waals surface area contributed by atoms with Crippen molar-refractivity contribution < 1.29 is 4.79 Å². The Kier molecular flexibility index (Phi) is 3.21. The molecule has 0 unspecified atom stereocenters. The van der Waals surface area contributed by atoms with Gasteiger partial charge in [0.05, 0.1) is 5.41 Å². The summed E-state index contributed by atoms with van der Waals surface area (Å²) < 4.78 is 0. The average Bonchev–Trinajstić information content (AvgIpc) is 2.38. The first-order chi connectivity index (χ1) is 8.93. The molecule has 19 heavy (non-hydrogen) atoms. The van der Waals surface area contributed by atoms with Crippen LogP contribution in [0.1, 0.15) is 29.8 Å². The van der Waals surface area contributed by atoms with Crippen LogP contribution in [0.15, 0.2) is 41.3 Å². The van der Waals surface area contributed by atoms with E-state index >= 15 is 0 Å². The molecule has 0 aliphatic heterocycles. The van der Waals surface area contributed by atoms with E-state index in [0.29, 0.717) is 11.1 Å². The summed E-state index contributed by atoms with van der Waals surface area (Å²) in [6, 6.07) is 8.95. The van der Waals surface area contributed by atoms with Crippen molar-refractivity contribution in [3.63, 3.8) is 0 Å². The molecule has 1 heterocycles. The smallest absolute Gasteiger partial charge is 0.346 e. The van der Waals surface area contributed by atoms with Gasteiger partial charge in [0.15, 0.2) is 5.78 Å². The van der Waals surface area contributed by atoms with Gasteiger partial charge in [0.1, 0.15) is 5.82 Å². The minimum absolute atomic E-state index is 0.0753. The molecule has 0 aliphatic rings. The van der Waals surface area contributed by atoms with Crippen LogP contribution < -0.4 is 11.4 Å². The molecule has 0 atom stereocenters. The fraction of sp³-hybridized carbons (Fsp3) is 0.214. The van der Waals surface area contributed by atoms with Crippen molar-refractivity contribution in [3.8, 4) is 0 Å². The predicted octanol–water partition coefficient (Wildman–Crippen LogP) is 1.51. The largest absolute Gasteiger partial charge is 0.383 e. The lowest BCUT2D eigenvalue weighted by Gasteiger charge is -2.24. The van der Waals surface area contributed by atoms with E-state index in [4.69, 9.17) is 5.73 Å². The van der Waals surface area contributed by atoms with E-state index in [1.807, 2.05) is 6.07 Å². The van der Waals surface area contributed by atoms with Crippen LogP contribution >= 0.6 is 0 Å². The molecule has 5 heteroatoms. The number of nitrogen functional groups attached to an aromatic ring is 1. The van der Waals surface area contributed by atoms with Crippen molar-refractivity contribution in [2.75, 3.05) is 5.73 Å². The van der Waals surface area contributed by atoms with E-state index in [1.54, 1.807) is 38.1 Å². The summed E-state index contributed by atoms with van der Waals surface area (Å²) in [6.45, 7) is 3.52. The molecule has 98 valence electrons. The summed E-state index contributed by atoms with van der Waals surface area (Å²) in [4.78, 5) is 29.7. The van der Waals surface area contributed by atoms with Gasteiger partial charge in [0.25, 0.3) is 0 Å². The Balaban J connectivity index is 2.48. The first kappa shape index (κ1) is 13.0. The number of nitrogens with one attached hydrogen (secondary N) is 1. The number of benzene rings is 1. The van der Waals surface area contributed by atoms with Crippen LogP contribution in [0.2, 0.25) is 0 Å². The third kappa shape index (κ3) is 2.40. The average molecular weight is 257 g/mol. The maximum absolute atomic E-state index is 12.5. The van der Waals surface area contributed by atoms with Crippen LogP contribution in [0.4, 0.5) is 5.82 Å². The van der Waals surface area contributed by atoms with Crippen molar-refractivity contribution >= 4 is 11.6 Å². The quantitative estimate of drug-likeness (QED) is 0.816. The number of ketones is 1.